The molecule has 0 bridgehead atoms. The summed E-state index contributed by atoms with van der Waals surface area (Å²) in [7, 11) is 1.96. The van der Waals surface area contributed by atoms with Crippen molar-refractivity contribution in [3.8, 4) is 0 Å². The number of carbonyl (C=O) groups excluding carboxylic acids is 1. The Morgan fingerprint density at radius 3 is 2.35 bits per heavy atom. The first kappa shape index (κ1) is 13.7. The van der Waals surface area contributed by atoms with E-state index in [9.17, 15) is 4.79 Å². The third-order valence-corrected chi connectivity index (χ3v) is 2.99. The van der Waals surface area contributed by atoms with Crippen LogP contribution in [0.25, 0.3) is 0 Å². The second-order valence-electron chi connectivity index (χ2n) is 4.81. The fraction of sp³-hybridized carbons (Fsp3) is 0.500. The average molecular weight is 234 g/mol. The van der Waals surface area contributed by atoms with Crippen molar-refractivity contribution in [3.05, 3.63) is 35.9 Å². The molecular formula is C14H22N2O. The van der Waals surface area contributed by atoms with Crippen LogP contribution in [-0.4, -0.2) is 30.4 Å². The molecule has 2 N–H and O–H groups in total. The van der Waals surface area contributed by atoms with Gasteiger partial charge in [0.15, 0.2) is 0 Å². The number of nitrogens with zero attached hydrogens (tertiary/aromatic N) is 1. The summed E-state index contributed by atoms with van der Waals surface area (Å²) < 4.78 is 0. The van der Waals surface area contributed by atoms with Crippen LogP contribution in [0.5, 0.6) is 0 Å². The molecule has 94 valence electrons. The summed E-state index contributed by atoms with van der Waals surface area (Å²) in [4.78, 5) is 13.4. The van der Waals surface area contributed by atoms with Crippen LogP contribution in [0.2, 0.25) is 0 Å². The second-order valence-corrected chi connectivity index (χ2v) is 4.81. The SMILES string of the molecule is CC(C)[C@@H](C(N)=O)N(C)CCc1ccccc1. The van der Waals surface area contributed by atoms with Gasteiger partial charge >= 0.3 is 0 Å². The van der Waals surface area contributed by atoms with Crippen molar-refractivity contribution in [2.24, 2.45) is 11.7 Å². The lowest BCUT2D eigenvalue weighted by molar-refractivity contribution is -0.124. The summed E-state index contributed by atoms with van der Waals surface area (Å²) in [6.07, 6.45) is 0.938. The first-order chi connectivity index (χ1) is 8.02. The highest BCUT2D eigenvalue weighted by Gasteiger charge is 2.23. The number of rotatable bonds is 6. The van der Waals surface area contributed by atoms with E-state index in [1.165, 1.54) is 5.56 Å². The Morgan fingerprint density at radius 2 is 1.88 bits per heavy atom. The minimum atomic E-state index is -0.240. The number of carbonyl (C=O) groups is 1. The predicted octanol–water partition coefficient (Wildman–Crippen LogP) is 1.67. The van der Waals surface area contributed by atoms with Crippen LogP contribution in [0.15, 0.2) is 30.3 Å². The van der Waals surface area contributed by atoms with E-state index in [4.69, 9.17) is 5.73 Å². The van der Waals surface area contributed by atoms with E-state index in [1.807, 2.05) is 44.0 Å². The van der Waals surface area contributed by atoms with Crippen LogP contribution in [0.1, 0.15) is 19.4 Å². The molecule has 1 rings (SSSR count). The van der Waals surface area contributed by atoms with E-state index in [1.54, 1.807) is 0 Å². The quantitative estimate of drug-likeness (QED) is 0.814. The van der Waals surface area contributed by atoms with Gasteiger partial charge in [0.25, 0.3) is 0 Å². The number of amides is 1. The monoisotopic (exact) mass is 234 g/mol. The van der Waals surface area contributed by atoms with Gasteiger partial charge in [-0.15, -0.1) is 0 Å². The summed E-state index contributed by atoms with van der Waals surface area (Å²) in [6.45, 7) is 4.89. The summed E-state index contributed by atoms with van der Waals surface area (Å²) in [5.74, 6) is 0.00355. The van der Waals surface area contributed by atoms with Gasteiger partial charge in [-0.05, 0) is 24.9 Å². The number of likely N-dealkylation sites (N-methyl/N-ethyl adjacent to an activating group) is 1. The zero-order valence-corrected chi connectivity index (χ0v) is 10.9. The zero-order valence-electron chi connectivity index (χ0n) is 10.9. The molecule has 3 nitrogen and oxygen atoms in total. The van der Waals surface area contributed by atoms with Gasteiger partial charge in [-0.25, -0.2) is 0 Å². The van der Waals surface area contributed by atoms with Gasteiger partial charge in [0.2, 0.25) is 5.91 Å². The van der Waals surface area contributed by atoms with Gasteiger partial charge in [-0.1, -0.05) is 44.2 Å². The molecule has 1 amide bonds. The number of hydrogen-bond donors (Lipinski definition) is 1. The maximum atomic E-state index is 11.4. The van der Waals surface area contributed by atoms with E-state index in [0.29, 0.717) is 0 Å². The molecule has 0 aliphatic rings. The van der Waals surface area contributed by atoms with Gasteiger partial charge in [-0.2, -0.15) is 0 Å². The van der Waals surface area contributed by atoms with Crippen molar-refractivity contribution in [1.82, 2.24) is 4.90 Å². The molecule has 17 heavy (non-hydrogen) atoms. The molecule has 0 heterocycles. The fourth-order valence-corrected chi connectivity index (χ4v) is 2.14. The highest BCUT2D eigenvalue weighted by atomic mass is 16.1. The molecule has 0 saturated heterocycles. The van der Waals surface area contributed by atoms with Crippen molar-refractivity contribution in [2.75, 3.05) is 13.6 Å². The highest BCUT2D eigenvalue weighted by Crippen LogP contribution is 2.10. The summed E-state index contributed by atoms with van der Waals surface area (Å²) >= 11 is 0. The van der Waals surface area contributed by atoms with E-state index in [0.717, 1.165) is 13.0 Å². The number of hydrogen-bond acceptors (Lipinski definition) is 2. The van der Waals surface area contributed by atoms with Crippen molar-refractivity contribution in [2.45, 2.75) is 26.3 Å². The average Bonchev–Trinajstić information content (AvgIpc) is 2.27. The molecule has 0 unspecified atom stereocenters. The van der Waals surface area contributed by atoms with Crippen LogP contribution in [0, 0.1) is 5.92 Å². The lowest BCUT2D eigenvalue weighted by Crippen LogP contribution is -2.46. The van der Waals surface area contributed by atoms with Crippen molar-refractivity contribution in [1.29, 1.82) is 0 Å². The zero-order chi connectivity index (χ0) is 12.8. The number of nitrogens with two attached hydrogens (primary N) is 1. The molecule has 0 aromatic heterocycles. The molecule has 1 aromatic carbocycles. The third kappa shape index (κ3) is 4.19. The first-order valence-corrected chi connectivity index (χ1v) is 6.06. The van der Waals surface area contributed by atoms with Gasteiger partial charge in [0, 0.05) is 6.54 Å². The van der Waals surface area contributed by atoms with Gasteiger partial charge in [-0.3, -0.25) is 9.69 Å². The predicted molar refractivity (Wildman–Crippen MR) is 70.6 cm³/mol. The maximum absolute atomic E-state index is 11.4. The van der Waals surface area contributed by atoms with Gasteiger partial charge in [0.1, 0.15) is 0 Å². The normalized spacial score (nSPS) is 13.0. The standard InChI is InChI=1S/C14H22N2O/c1-11(2)13(14(15)17)16(3)10-9-12-7-5-4-6-8-12/h4-8,11,13H,9-10H2,1-3H3,(H2,15,17)/t13-/m0/s1. The molecule has 0 aliphatic carbocycles. The van der Waals surface area contributed by atoms with Crippen LogP contribution in [0.3, 0.4) is 0 Å². The lowest BCUT2D eigenvalue weighted by atomic mass is 10.0. The second kappa shape index (κ2) is 6.40. The first-order valence-electron chi connectivity index (χ1n) is 6.06. The lowest BCUT2D eigenvalue weighted by Gasteiger charge is -2.28. The fourth-order valence-electron chi connectivity index (χ4n) is 2.14. The van der Waals surface area contributed by atoms with Crippen molar-refractivity contribution >= 4 is 5.91 Å². The van der Waals surface area contributed by atoms with Crippen molar-refractivity contribution < 1.29 is 4.79 Å². The molecule has 0 fully saturated rings. The molecule has 0 radical (unpaired) electrons. The van der Waals surface area contributed by atoms with Crippen LogP contribution >= 0.6 is 0 Å². The van der Waals surface area contributed by atoms with Gasteiger partial charge in [0.05, 0.1) is 6.04 Å². The Balaban J connectivity index is 2.53. The topological polar surface area (TPSA) is 46.3 Å². The molecule has 0 aliphatic heterocycles. The Hall–Kier alpha value is -1.35. The highest BCUT2D eigenvalue weighted by molar-refractivity contribution is 5.80. The summed E-state index contributed by atoms with van der Waals surface area (Å²) in [5, 5.41) is 0. The Morgan fingerprint density at radius 1 is 1.29 bits per heavy atom. The van der Waals surface area contributed by atoms with Crippen LogP contribution in [0.4, 0.5) is 0 Å². The largest absolute Gasteiger partial charge is 0.368 e. The van der Waals surface area contributed by atoms with E-state index in [2.05, 4.69) is 12.1 Å². The smallest absolute Gasteiger partial charge is 0.235 e. The Labute approximate surface area is 104 Å². The molecule has 1 atom stereocenters. The molecule has 0 spiro atoms. The number of benzene rings is 1. The summed E-state index contributed by atoms with van der Waals surface area (Å²) in [5.41, 5.74) is 6.71. The van der Waals surface area contributed by atoms with E-state index < -0.39 is 0 Å². The van der Waals surface area contributed by atoms with Crippen molar-refractivity contribution in [3.63, 3.8) is 0 Å². The van der Waals surface area contributed by atoms with Crippen LogP contribution < -0.4 is 5.73 Å². The molecule has 3 heteroatoms. The summed E-state index contributed by atoms with van der Waals surface area (Å²) in [6, 6.07) is 10.1. The minimum Gasteiger partial charge on any atom is -0.368 e. The maximum Gasteiger partial charge on any atom is 0.235 e. The number of primary amides is 1. The molecule has 1 aromatic rings. The van der Waals surface area contributed by atoms with Crippen LogP contribution in [-0.2, 0) is 11.2 Å². The van der Waals surface area contributed by atoms with E-state index in [-0.39, 0.29) is 17.9 Å². The van der Waals surface area contributed by atoms with E-state index >= 15 is 0 Å². The van der Waals surface area contributed by atoms with Gasteiger partial charge < -0.3 is 5.73 Å². The Kier molecular flexibility index (Phi) is 5.16. The molecular weight excluding hydrogens is 212 g/mol. The minimum absolute atomic E-state index is 0.182. The third-order valence-electron chi connectivity index (χ3n) is 2.99. The molecule has 0 saturated carbocycles. The Bertz CT molecular complexity index is 348.